The lowest BCUT2D eigenvalue weighted by Crippen LogP contribution is -2.23. The third kappa shape index (κ3) is 3.30. The highest BCUT2D eigenvalue weighted by molar-refractivity contribution is 6.49. The number of benzene rings is 2. The van der Waals surface area contributed by atoms with E-state index in [1.807, 2.05) is 0 Å². The third-order valence-electron chi connectivity index (χ3n) is 3.87. The van der Waals surface area contributed by atoms with E-state index in [-0.39, 0.29) is 16.3 Å². The van der Waals surface area contributed by atoms with E-state index < -0.39 is 23.4 Å². The lowest BCUT2D eigenvalue weighted by atomic mass is 10.1. The Balaban J connectivity index is 1.93. The van der Waals surface area contributed by atoms with Gasteiger partial charge >= 0.3 is 6.18 Å². The van der Waals surface area contributed by atoms with Crippen LogP contribution in [0.3, 0.4) is 0 Å². The van der Waals surface area contributed by atoms with Crippen LogP contribution >= 0.6 is 11.6 Å². The number of aryl methyl sites for hydroxylation is 1. The molecule has 0 bridgehead atoms. The lowest BCUT2D eigenvalue weighted by Gasteiger charge is -2.11. The van der Waals surface area contributed by atoms with E-state index in [1.54, 1.807) is 31.2 Å². The van der Waals surface area contributed by atoms with E-state index in [1.165, 1.54) is 0 Å². The highest BCUT2D eigenvalue weighted by atomic mass is 35.5. The Labute approximate surface area is 151 Å². The number of rotatable bonds is 3. The topological polar surface area (TPSA) is 62.0 Å². The van der Waals surface area contributed by atoms with Gasteiger partial charge in [-0.15, -0.1) is 0 Å². The van der Waals surface area contributed by atoms with Gasteiger partial charge in [-0.3, -0.25) is 9.59 Å². The van der Waals surface area contributed by atoms with Crippen molar-refractivity contribution in [2.24, 2.45) is 0 Å². The van der Waals surface area contributed by atoms with Crippen LogP contribution in [0.25, 0.3) is 10.9 Å². The highest BCUT2D eigenvalue weighted by Crippen LogP contribution is 2.34. The standard InChI is InChI=1S/C18H12ClF3N2O2/c1-9-15(11-4-2-3-5-13(11)23-9)16(25)17(26)24-14-8-10(18(20,21)22)6-7-12(14)19/h2-8,23H,1H3,(H,24,26). The van der Waals surface area contributed by atoms with Crippen molar-refractivity contribution in [3.8, 4) is 0 Å². The molecule has 26 heavy (non-hydrogen) atoms. The molecular weight excluding hydrogens is 369 g/mol. The van der Waals surface area contributed by atoms with Crippen molar-refractivity contribution in [2.75, 3.05) is 5.32 Å². The van der Waals surface area contributed by atoms with Crippen molar-refractivity contribution < 1.29 is 22.8 Å². The Kier molecular flexibility index (Phi) is 4.50. The first kappa shape index (κ1) is 18.0. The largest absolute Gasteiger partial charge is 0.416 e. The number of fused-ring (bicyclic) bond motifs is 1. The summed E-state index contributed by atoms with van der Waals surface area (Å²) >= 11 is 5.85. The summed E-state index contributed by atoms with van der Waals surface area (Å²) in [6.07, 6.45) is -4.60. The van der Waals surface area contributed by atoms with Gasteiger partial charge in [-0.2, -0.15) is 13.2 Å². The average Bonchev–Trinajstić information content (AvgIpc) is 2.90. The fourth-order valence-electron chi connectivity index (χ4n) is 2.66. The molecule has 0 fully saturated rings. The molecule has 4 nitrogen and oxygen atoms in total. The van der Waals surface area contributed by atoms with Gasteiger partial charge in [0.1, 0.15) is 0 Å². The molecular formula is C18H12ClF3N2O2. The Morgan fingerprint density at radius 3 is 2.50 bits per heavy atom. The SMILES string of the molecule is Cc1[nH]c2ccccc2c1C(=O)C(=O)Nc1cc(C(F)(F)F)ccc1Cl. The number of ketones is 1. The Bertz CT molecular complexity index is 1020. The van der Waals surface area contributed by atoms with Gasteiger partial charge in [0.25, 0.3) is 11.7 Å². The number of carbonyl (C=O) groups is 2. The third-order valence-corrected chi connectivity index (χ3v) is 4.20. The molecule has 1 aromatic heterocycles. The van der Waals surface area contributed by atoms with Crippen LogP contribution in [0, 0.1) is 6.92 Å². The summed E-state index contributed by atoms with van der Waals surface area (Å²) in [7, 11) is 0. The van der Waals surface area contributed by atoms with Gasteiger partial charge in [0.2, 0.25) is 0 Å². The smallest absolute Gasteiger partial charge is 0.358 e. The molecule has 0 spiro atoms. The van der Waals surface area contributed by atoms with E-state index in [9.17, 15) is 22.8 Å². The number of nitrogens with one attached hydrogen (secondary N) is 2. The molecule has 0 saturated heterocycles. The minimum Gasteiger partial charge on any atom is -0.358 e. The molecule has 3 aromatic rings. The highest BCUT2D eigenvalue weighted by Gasteiger charge is 2.31. The monoisotopic (exact) mass is 380 g/mol. The zero-order valence-corrected chi connectivity index (χ0v) is 14.1. The first-order chi connectivity index (χ1) is 12.2. The fourth-order valence-corrected chi connectivity index (χ4v) is 2.82. The van der Waals surface area contributed by atoms with Gasteiger partial charge in [-0.1, -0.05) is 29.8 Å². The summed E-state index contributed by atoms with van der Waals surface area (Å²) in [5.74, 6) is -1.94. The molecule has 1 amide bonds. The summed E-state index contributed by atoms with van der Waals surface area (Å²) < 4.78 is 38.5. The van der Waals surface area contributed by atoms with Crippen LogP contribution in [0.2, 0.25) is 5.02 Å². The second-order valence-electron chi connectivity index (χ2n) is 5.65. The predicted molar refractivity (Wildman–Crippen MR) is 92.4 cm³/mol. The van der Waals surface area contributed by atoms with Crippen molar-refractivity contribution in [3.63, 3.8) is 0 Å². The van der Waals surface area contributed by atoms with Crippen molar-refractivity contribution in [3.05, 3.63) is 64.3 Å². The fraction of sp³-hybridized carbons (Fsp3) is 0.111. The van der Waals surface area contributed by atoms with E-state index in [0.29, 0.717) is 22.7 Å². The maximum atomic E-state index is 12.8. The minimum atomic E-state index is -4.60. The molecule has 0 atom stereocenters. The Morgan fingerprint density at radius 1 is 1.12 bits per heavy atom. The number of Topliss-reactive ketones (excluding diaryl/α,β-unsaturated/α-hetero) is 1. The number of halogens is 4. The molecule has 2 N–H and O–H groups in total. The number of carbonyl (C=O) groups excluding carboxylic acids is 2. The van der Waals surface area contributed by atoms with Crippen molar-refractivity contribution in [1.29, 1.82) is 0 Å². The molecule has 134 valence electrons. The van der Waals surface area contributed by atoms with Crippen LogP contribution in [0.1, 0.15) is 21.6 Å². The normalized spacial score (nSPS) is 11.6. The molecule has 0 aliphatic rings. The maximum absolute atomic E-state index is 12.8. The van der Waals surface area contributed by atoms with Gasteiger partial charge in [-0.25, -0.2) is 0 Å². The molecule has 0 saturated carbocycles. The molecule has 1 heterocycles. The van der Waals surface area contributed by atoms with Crippen molar-refractivity contribution in [2.45, 2.75) is 13.1 Å². The molecule has 0 aliphatic heterocycles. The Hall–Kier alpha value is -2.80. The first-order valence-electron chi connectivity index (χ1n) is 7.48. The van der Waals surface area contributed by atoms with Crippen molar-refractivity contribution in [1.82, 2.24) is 4.98 Å². The number of hydrogen-bond acceptors (Lipinski definition) is 2. The quantitative estimate of drug-likeness (QED) is 0.498. The van der Waals surface area contributed by atoms with Gasteiger partial charge in [-0.05, 0) is 31.2 Å². The summed E-state index contributed by atoms with van der Waals surface area (Å²) in [5.41, 5.74) is 0.0752. The number of amides is 1. The number of anilines is 1. The minimum absolute atomic E-state index is 0.102. The number of aromatic amines is 1. The van der Waals surface area contributed by atoms with E-state index in [4.69, 9.17) is 11.6 Å². The van der Waals surface area contributed by atoms with Crippen LogP contribution in [0.15, 0.2) is 42.5 Å². The van der Waals surface area contributed by atoms with Crippen LogP contribution in [-0.4, -0.2) is 16.7 Å². The number of hydrogen-bond donors (Lipinski definition) is 2. The summed E-state index contributed by atoms with van der Waals surface area (Å²) in [5, 5.41) is 2.62. The van der Waals surface area contributed by atoms with Crippen LogP contribution in [0.5, 0.6) is 0 Å². The number of alkyl halides is 3. The molecule has 2 aromatic carbocycles. The number of para-hydroxylation sites is 1. The van der Waals surface area contributed by atoms with Crippen LogP contribution < -0.4 is 5.32 Å². The summed E-state index contributed by atoms with van der Waals surface area (Å²) in [4.78, 5) is 27.8. The molecule has 0 aliphatic carbocycles. The van der Waals surface area contributed by atoms with Crippen LogP contribution in [0.4, 0.5) is 18.9 Å². The molecule has 0 unspecified atom stereocenters. The second kappa shape index (κ2) is 6.49. The summed E-state index contributed by atoms with van der Waals surface area (Å²) in [6.45, 7) is 1.64. The van der Waals surface area contributed by atoms with Crippen molar-refractivity contribution >= 4 is 39.9 Å². The van der Waals surface area contributed by atoms with E-state index >= 15 is 0 Å². The Morgan fingerprint density at radius 2 is 1.81 bits per heavy atom. The molecule has 8 heteroatoms. The second-order valence-corrected chi connectivity index (χ2v) is 6.05. The molecule has 3 rings (SSSR count). The zero-order chi connectivity index (χ0) is 19.1. The van der Waals surface area contributed by atoms with E-state index in [0.717, 1.165) is 12.1 Å². The maximum Gasteiger partial charge on any atom is 0.416 e. The van der Waals surface area contributed by atoms with E-state index in [2.05, 4.69) is 10.3 Å². The van der Waals surface area contributed by atoms with Gasteiger partial charge in [0.05, 0.1) is 21.8 Å². The molecule has 0 radical (unpaired) electrons. The van der Waals surface area contributed by atoms with Crippen LogP contribution in [-0.2, 0) is 11.0 Å². The first-order valence-corrected chi connectivity index (χ1v) is 7.86. The predicted octanol–water partition coefficient (Wildman–Crippen LogP) is 4.97. The summed E-state index contributed by atoms with van der Waals surface area (Å²) in [6, 6.07) is 9.42. The zero-order valence-electron chi connectivity index (χ0n) is 13.4. The van der Waals surface area contributed by atoms with Gasteiger partial charge < -0.3 is 10.3 Å². The van der Waals surface area contributed by atoms with Gasteiger partial charge in [0, 0.05) is 16.6 Å². The number of H-pyrrole nitrogens is 1. The number of aromatic nitrogens is 1. The lowest BCUT2D eigenvalue weighted by molar-refractivity contribution is -0.137. The average molecular weight is 381 g/mol. The van der Waals surface area contributed by atoms with Gasteiger partial charge in [0.15, 0.2) is 0 Å².